The maximum Gasteiger partial charge on any atom is 0.0481 e. The molecule has 1 atom stereocenters. The summed E-state index contributed by atoms with van der Waals surface area (Å²) in [4.78, 5) is 0. The SMILES string of the molecule is CC(N)c1cc2cc(Br)ccc2n1C. The van der Waals surface area contributed by atoms with Crippen molar-refractivity contribution in [3.8, 4) is 0 Å². The standard InChI is InChI=1S/C11H13BrN2/c1-7(13)11-6-8-5-9(12)3-4-10(8)14(11)2/h3-7H,13H2,1-2H3. The lowest BCUT2D eigenvalue weighted by Crippen LogP contribution is -2.09. The Morgan fingerprint density at radius 2 is 2.07 bits per heavy atom. The van der Waals surface area contributed by atoms with Gasteiger partial charge in [-0.25, -0.2) is 0 Å². The van der Waals surface area contributed by atoms with E-state index in [9.17, 15) is 0 Å². The molecule has 3 heteroatoms. The zero-order valence-corrected chi connectivity index (χ0v) is 9.88. The van der Waals surface area contributed by atoms with E-state index in [0.29, 0.717) is 0 Å². The first-order chi connectivity index (χ1) is 6.59. The van der Waals surface area contributed by atoms with E-state index in [-0.39, 0.29) is 6.04 Å². The normalized spacial score (nSPS) is 13.4. The lowest BCUT2D eigenvalue weighted by atomic mass is 10.2. The van der Waals surface area contributed by atoms with Gasteiger partial charge < -0.3 is 10.3 Å². The maximum atomic E-state index is 5.88. The summed E-state index contributed by atoms with van der Waals surface area (Å²) in [6, 6.07) is 8.48. The van der Waals surface area contributed by atoms with Crippen molar-refractivity contribution in [2.75, 3.05) is 0 Å². The Bertz CT molecular complexity index is 471. The fourth-order valence-electron chi connectivity index (χ4n) is 1.78. The lowest BCUT2D eigenvalue weighted by Gasteiger charge is -2.06. The molecular formula is C11H13BrN2. The molecule has 0 saturated heterocycles. The number of halogens is 1. The van der Waals surface area contributed by atoms with Crippen LogP contribution in [0.4, 0.5) is 0 Å². The molecule has 1 aromatic carbocycles. The molecule has 2 nitrogen and oxygen atoms in total. The zero-order valence-electron chi connectivity index (χ0n) is 8.29. The van der Waals surface area contributed by atoms with Crippen LogP contribution in [0.2, 0.25) is 0 Å². The Labute approximate surface area is 91.8 Å². The predicted molar refractivity (Wildman–Crippen MR) is 63.2 cm³/mol. The van der Waals surface area contributed by atoms with Crippen LogP contribution in [0.15, 0.2) is 28.7 Å². The fraction of sp³-hybridized carbons (Fsp3) is 0.273. The molecule has 0 saturated carbocycles. The van der Waals surface area contributed by atoms with Crippen LogP contribution in [0, 0.1) is 0 Å². The average molecular weight is 253 g/mol. The molecule has 0 amide bonds. The van der Waals surface area contributed by atoms with E-state index in [1.807, 2.05) is 13.0 Å². The fourth-order valence-corrected chi connectivity index (χ4v) is 2.16. The third-order valence-corrected chi connectivity index (χ3v) is 3.00. The molecule has 0 bridgehead atoms. The number of nitrogens with zero attached hydrogens (tertiary/aromatic N) is 1. The first kappa shape index (κ1) is 9.74. The Morgan fingerprint density at radius 1 is 1.36 bits per heavy atom. The molecule has 1 heterocycles. The van der Waals surface area contributed by atoms with Gasteiger partial charge in [0.1, 0.15) is 0 Å². The number of rotatable bonds is 1. The van der Waals surface area contributed by atoms with E-state index < -0.39 is 0 Å². The van der Waals surface area contributed by atoms with Gasteiger partial charge in [-0.1, -0.05) is 15.9 Å². The van der Waals surface area contributed by atoms with Crippen molar-refractivity contribution in [2.24, 2.45) is 12.8 Å². The van der Waals surface area contributed by atoms with Gasteiger partial charge in [-0.15, -0.1) is 0 Å². The van der Waals surface area contributed by atoms with Gasteiger partial charge in [-0.3, -0.25) is 0 Å². The van der Waals surface area contributed by atoms with E-state index >= 15 is 0 Å². The highest BCUT2D eigenvalue weighted by atomic mass is 79.9. The highest BCUT2D eigenvalue weighted by Crippen LogP contribution is 2.25. The highest BCUT2D eigenvalue weighted by Gasteiger charge is 2.08. The molecule has 0 aliphatic rings. The molecule has 2 aromatic rings. The van der Waals surface area contributed by atoms with E-state index in [2.05, 4.69) is 45.7 Å². The molecule has 0 fully saturated rings. The van der Waals surface area contributed by atoms with E-state index in [4.69, 9.17) is 5.73 Å². The summed E-state index contributed by atoms with van der Waals surface area (Å²) < 4.78 is 3.25. The molecule has 2 rings (SSSR count). The summed E-state index contributed by atoms with van der Waals surface area (Å²) in [6.07, 6.45) is 0. The summed E-state index contributed by atoms with van der Waals surface area (Å²) in [5, 5.41) is 1.23. The summed E-state index contributed by atoms with van der Waals surface area (Å²) in [5.74, 6) is 0. The first-order valence-electron chi connectivity index (χ1n) is 4.60. The molecule has 1 unspecified atom stereocenters. The molecule has 0 aliphatic heterocycles. The number of aromatic nitrogens is 1. The van der Waals surface area contributed by atoms with Crippen molar-refractivity contribution in [1.82, 2.24) is 4.57 Å². The van der Waals surface area contributed by atoms with Crippen molar-refractivity contribution >= 4 is 26.8 Å². The maximum absolute atomic E-state index is 5.88. The smallest absolute Gasteiger partial charge is 0.0481 e. The van der Waals surface area contributed by atoms with Crippen LogP contribution in [0.5, 0.6) is 0 Å². The van der Waals surface area contributed by atoms with Crippen LogP contribution in [0.1, 0.15) is 18.7 Å². The summed E-state index contributed by atoms with van der Waals surface area (Å²) >= 11 is 3.46. The van der Waals surface area contributed by atoms with Gasteiger partial charge in [-0.2, -0.15) is 0 Å². The van der Waals surface area contributed by atoms with Crippen LogP contribution < -0.4 is 5.73 Å². The number of fused-ring (bicyclic) bond motifs is 1. The molecule has 2 N–H and O–H groups in total. The Morgan fingerprint density at radius 3 is 2.71 bits per heavy atom. The second-order valence-corrected chi connectivity index (χ2v) is 4.54. The van der Waals surface area contributed by atoms with Crippen LogP contribution in [-0.4, -0.2) is 4.57 Å². The summed E-state index contributed by atoms with van der Waals surface area (Å²) in [6.45, 7) is 2.00. The molecule has 0 aliphatic carbocycles. The Hall–Kier alpha value is -0.800. The van der Waals surface area contributed by atoms with Gasteiger partial charge in [0.25, 0.3) is 0 Å². The minimum Gasteiger partial charge on any atom is -0.346 e. The third kappa shape index (κ3) is 1.47. The van der Waals surface area contributed by atoms with Gasteiger partial charge in [0.15, 0.2) is 0 Å². The van der Waals surface area contributed by atoms with Gasteiger partial charge in [-0.05, 0) is 31.2 Å². The Kier molecular flexibility index (Phi) is 2.37. The van der Waals surface area contributed by atoms with Gasteiger partial charge in [0.2, 0.25) is 0 Å². The number of aryl methyl sites for hydroxylation is 1. The number of benzene rings is 1. The molecule has 74 valence electrons. The summed E-state index contributed by atoms with van der Waals surface area (Å²) in [5.41, 5.74) is 8.27. The van der Waals surface area contributed by atoms with Crippen molar-refractivity contribution in [1.29, 1.82) is 0 Å². The minimum absolute atomic E-state index is 0.0752. The third-order valence-electron chi connectivity index (χ3n) is 2.51. The first-order valence-corrected chi connectivity index (χ1v) is 5.39. The predicted octanol–water partition coefficient (Wildman–Crippen LogP) is 2.96. The quantitative estimate of drug-likeness (QED) is 0.832. The van der Waals surface area contributed by atoms with Gasteiger partial charge in [0, 0.05) is 34.2 Å². The number of hydrogen-bond acceptors (Lipinski definition) is 1. The van der Waals surface area contributed by atoms with Crippen LogP contribution >= 0.6 is 15.9 Å². The molecule has 14 heavy (non-hydrogen) atoms. The Balaban J connectivity index is 2.73. The van der Waals surface area contributed by atoms with Crippen molar-refractivity contribution < 1.29 is 0 Å². The van der Waals surface area contributed by atoms with Crippen LogP contribution in [-0.2, 0) is 7.05 Å². The van der Waals surface area contributed by atoms with E-state index in [1.165, 1.54) is 10.9 Å². The van der Waals surface area contributed by atoms with Crippen LogP contribution in [0.25, 0.3) is 10.9 Å². The number of nitrogens with two attached hydrogens (primary N) is 1. The topological polar surface area (TPSA) is 30.9 Å². The average Bonchev–Trinajstić information content (AvgIpc) is 2.43. The minimum atomic E-state index is 0.0752. The largest absolute Gasteiger partial charge is 0.346 e. The second kappa shape index (κ2) is 3.41. The second-order valence-electron chi connectivity index (χ2n) is 3.62. The van der Waals surface area contributed by atoms with Crippen LogP contribution in [0.3, 0.4) is 0 Å². The van der Waals surface area contributed by atoms with Gasteiger partial charge in [0.05, 0.1) is 0 Å². The highest BCUT2D eigenvalue weighted by molar-refractivity contribution is 9.10. The lowest BCUT2D eigenvalue weighted by molar-refractivity contribution is 0.726. The molecular weight excluding hydrogens is 240 g/mol. The van der Waals surface area contributed by atoms with Crippen molar-refractivity contribution in [3.05, 3.63) is 34.4 Å². The number of hydrogen-bond donors (Lipinski definition) is 1. The van der Waals surface area contributed by atoms with E-state index in [1.54, 1.807) is 0 Å². The molecule has 1 aromatic heterocycles. The molecule has 0 spiro atoms. The van der Waals surface area contributed by atoms with Gasteiger partial charge >= 0.3 is 0 Å². The zero-order chi connectivity index (χ0) is 10.3. The summed E-state index contributed by atoms with van der Waals surface area (Å²) in [7, 11) is 2.05. The monoisotopic (exact) mass is 252 g/mol. The van der Waals surface area contributed by atoms with E-state index in [0.717, 1.165) is 10.2 Å². The van der Waals surface area contributed by atoms with Crippen molar-refractivity contribution in [2.45, 2.75) is 13.0 Å². The molecule has 0 radical (unpaired) electrons. The van der Waals surface area contributed by atoms with Crippen molar-refractivity contribution in [3.63, 3.8) is 0 Å².